The number of benzene rings is 2. The molecule has 0 bridgehead atoms. The molecule has 0 radical (unpaired) electrons. The zero-order chi connectivity index (χ0) is 21.1. The first-order valence-corrected chi connectivity index (χ1v) is 10.1. The van der Waals surface area contributed by atoms with Crippen molar-refractivity contribution in [2.24, 2.45) is 0 Å². The fraction of sp³-hybridized carbons (Fsp3) is 0.105. The summed E-state index contributed by atoms with van der Waals surface area (Å²) in [5.41, 5.74) is 0.912. The molecule has 2 N–H and O–H groups in total. The van der Waals surface area contributed by atoms with Gasteiger partial charge in [0.05, 0.1) is 15.6 Å². The van der Waals surface area contributed by atoms with Crippen LogP contribution in [0.3, 0.4) is 0 Å². The van der Waals surface area contributed by atoms with Gasteiger partial charge < -0.3 is 15.2 Å². The van der Waals surface area contributed by atoms with Crippen LogP contribution >= 0.6 is 34.4 Å². The van der Waals surface area contributed by atoms with E-state index >= 15 is 0 Å². The number of hydrogen-bond acceptors (Lipinski definition) is 6. The SMILES string of the molecule is COc1cc(/C=C2\SC(=O)N(CC(=O)Nc3ccc(F)cc3)C2=O)cc(I)c1O. The molecular weight excluding hydrogens is 514 g/mol. The standard InChI is InChI=1S/C19H14FIN2O5S/c1-28-14-7-10(6-13(21)17(14)25)8-15-18(26)23(19(27)29-15)9-16(24)22-12-4-2-11(20)3-5-12/h2-8,25H,9H2,1H3,(H,22,24)/b15-8-. The van der Waals surface area contributed by atoms with E-state index < -0.39 is 29.4 Å². The van der Waals surface area contributed by atoms with Crippen LogP contribution < -0.4 is 10.1 Å². The molecule has 150 valence electrons. The Balaban J connectivity index is 1.74. The number of amides is 3. The normalized spacial score (nSPS) is 15.1. The molecule has 1 heterocycles. The number of carbonyl (C=O) groups excluding carboxylic acids is 3. The average Bonchev–Trinajstić information content (AvgIpc) is 2.93. The number of ether oxygens (including phenoxy) is 1. The van der Waals surface area contributed by atoms with Gasteiger partial charge in [0, 0.05) is 5.69 Å². The van der Waals surface area contributed by atoms with Crippen molar-refractivity contribution in [1.82, 2.24) is 4.90 Å². The highest BCUT2D eigenvalue weighted by Gasteiger charge is 2.36. The molecule has 2 aromatic carbocycles. The van der Waals surface area contributed by atoms with Gasteiger partial charge in [-0.15, -0.1) is 0 Å². The summed E-state index contributed by atoms with van der Waals surface area (Å²) in [5, 5.41) is 11.8. The van der Waals surface area contributed by atoms with Crippen LogP contribution in [0.25, 0.3) is 6.08 Å². The van der Waals surface area contributed by atoms with Crippen molar-refractivity contribution in [3.8, 4) is 11.5 Å². The molecule has 1 aliphatic heterocycles. The van der Waals surface area contributed by atoms with Crippen LogP contribution in [0.15, 0.2) is 41.3 Å². The van der Waals surface area contributed by atoms with Crippen molar-refractivity contribution < 1.29 is 28.6 Å². The molecule has 0 aromatic heterocycles. The van der Waals surface area contributed by atoms with Crippen molar-refractivity contribution >= 4 is 63.2 Å². The highest BCUT2D eigenvalue weighted by atomic mass is 127. The van der Waals surface area contributed by atoms with Gasteiger partial charge in [-0.05, 0) is 82.4 Å². The van der Waals surface area contributed by atoms with Crippen LogP contribution in [0.1, 0.15) is 5.56 Å². The van der Waals surface area contributed by atoms with E-state index in [4.69, 9.17) is 4.74 Å². The van der Waals surface area contributed by atoms with Crippen molar-refractivity contribution in [1.29, 1.82) is 0 Å². The van der Waals surface area contributed by atoms with Gasteiger partial charge in [0.25, 0.3) is 11.1 Å². The van der Waals surface area contributed by atoms with Gasteiger partial charge in [-0.25, -0.2) is 4.39 Å². The summed E-state index contributed by atoms with van der Waals surface area (Å²) in [6.07, 6.45) is 1.49. The maximum atomic E-state index is 12.9. The quantitative estimate of drug-likeness (QED) is 0.453. The number of thioether (sulfide) groups is 1. The third-order valence-corrected chi connectivity index (χ3v) is 5.60. The summed E-state index contributed by atoms with van der Waals surface area (Å²) in [7, 11) is 1.41. The van der Waals surface area contributed by atoms with Gasteiger partial charge in [-0.1, -0.05) is 0 Å². The van der Waals surface area contributed by atoms with Crippen LogP contribution in [0.4, 0.5) is 14.9 Å². The Kier molecular flexibility index (Phi) is 6.42. The number of anilines is 1. The Morgan fingerprint density at radius 1 is 1.31 bits per heavy atom. The summed E-state index contributed by atoms with van der Waals surface area (Å²) in [6, 6.07) is 8.29. The number of carbonyl (C=O) groups is 3. The van der Waals surface area contributed by atoms with Crippen molar-refractivity contribution in [3.63, 3.8) is 0 Å². The summed E-state index contributed by atoms with van der Waals surface area (Å²) in [6.45, 7) is -0.462. The summed E-state index contributed by atoms with van der Waals surface area (Å²) in [4.78, 5) is 37.9. The van der Waals surface area contributed by atoms with Crippen LogP contribution in [-0.2, 0) is 9.59 Å². The molecule has 1 aliphatic rings. The molecule has 0 atom stereocenters. The molecule has 0 aliphatic carbocycles. The van der Waals surface area contributed by atoms with Gasteiger partial charge >= 0.3 is 0 Å². The van der Waals surface area contributed by atoms with Gasteiger partial charge in [0.1, 0.15) is 12.4 Å². The first-order valence-electron chi connectivity index (χ1n) is 8.15. The number of rotatable bonds is 5. The monoisotopic (exact) mass is 528 g/mol. The number of nitrogens with zero attached hydrogens (tertiary/aromatic N) is 1. The van der Waals surface area contributed by atoms with E-state index in [9.17, 15) is 23.9 Å². The van der Waals surface area contributed by atoms with Crippen molar-refractivity contribution in [2.45, 2.75) is 0 Å². The van der Waals surface area contributed by atoms with Gasteiger partial charge in [0.2, 0.25) is 5.91 Å². The Morgan fingerprint density at radius 2 is 2.00 bits per heavy atom. The van der Waals surface area contributed by atoms with E-state index in [2.05, 4.69) is 5.32 Å². The number of halogens is 2. The first kappa shape index (κ1) is 21.1. The minimum absolute atomic E-state index is 0.0178. The molecule has 29 heavy (non-hydrogen) atoms. The fourth-order valence-corrected chi connectivity index (χ4v) is 3.96. The molecule has 0 spiro atoms. The maximum absolute atomic E-state index is 12.9. The number of aromatic hydroxyl groups is 1. The second kappa shape index (κ2) is 8.82. The van der Waals surface area contributed by atoms with E-state index in [0.717, 1.165) is 4.90 Å². The highest BCUT2D eigenvalue weighted by Crippen LogP contribution is 2.36. The topological polar surface area (TPSA) is 95.9 Å². The molecule has 1 fully saturated rings. The van der Waals surface area contributed by atoms with E-state index in [-0.39, 0.29) is 16.4 Å². The average molecular weight is 528 g/mol. The van der Waals surface area contributed by atoms with Crippen LogP contribution in [0.5, 0.6) is 11.5 Å². The van der Waals surface area contributed by atoms with Crippen LogP contribution in [0.2, 0.25) is 0 Å². The van der Waals surface area contributed by atoms with Crippen molar-refractivity contribution in [2.75, 3.05) is 19.0 Å². The second-order valence-corrected chi connectivity index (χ2v) is 8.03. The van der Waals surface area contributed by atoms with Gasteiger partial charge in [-0.3, -0.25) is 19.3 Å². The molecule has 2 aromatic rings. The molecule has 10 heteroatoms. The van der Waals surface area contributed by atoms with Gasteiger partial charge in [-0.2, -0.15) is 0 Å². The lowest BCUT2D eigenvalue weighted by atomic mass is 10.2. The molecule has 7 nitrogen and oxygen atoms in total. The molecule has 3 rings (SSSR count). The van der Waals surface area contributed by atoms with Crippen LogP contribution in [-0.4, -0.2) is 40.7 Å². The number of imide groups is 1. The number of phenols is 1. The zero-order valence-corrected chi connectivity index (χ0v) is 17.9. The van der Waals surface area contributed by atoms with E-state index in [1.54, 1.807) is 6.07 Å². The lowest BCUT2D eigenvalue weighted by molar-refractivity contribution is -0.127. The van der Waals surface area contributed by atoms with E-state index in [0.29, 0.717) is 26.6 Å². The minimum Gasteiger partial charge on any atom is -0.504 e. The lowest BCUT2D eigenvalue weighted by Gasteiger charge is -2.12. The smallest absolute Gasteiger partial charge is 0.294 e. The Morgan fingerprint density at radius 3 is 2.66 bits per heavy atom. The zero-order valence-electron chi connectivity index (χ0n) is 14.9. The van der Waals surface area contributed by atoms with E-state index in [1.807, 2.05) is 22.6 Å². The van der Waals surface area contributed by atoms with Crippen LogP contribution in [0, 0.1) is 9.39 Å². The molecule has 3 amide bonds. The summed E-state index contributed by atoms with van der Waals surface area (Å²) < 4.78 is 18.5. The predicted octanol–water partition coefficient (Wildman–Crippen LogP) is 3.82. The Bertz CT molecular complexity index is 1030. The third kappa shape index (κ3) is 4.88. The highest BCUT2D eigenvalue weighted by molar-refractivity contribution is 14.1. The first-order chi connectivity index (χ1) is 13.8. The number of phenolic OH excluding ortho intramolecular Hbond substituents is 1. The molecule has 0 saturated carbocycles. The Hall–Kier alpha value is -2.60. The summed E-state index contributed by atoms with van der Waals surface area (Å²) in [5.74, 6) is -1.41. The number of methoxy groups -OCH3 is 1. The third-order valence-electron chi connectivity index (χ3n) is 3.87. The van der Waals surface area contributed by atoms with Crippen molar-refractivity contribution in [3.05, 3.63) is 56.3 Å². The second-order valence-electron chi connectivity index (χ2n) is 5.88. The fourth-order valence-electron chi connectivity index (χ4n) is 2.50. The largest absolute Gasteiger partial charge is 0.504 e. The number of hydrogen-bond donors (Lipinski definition) is 2. The Labute approximate surface area is 183 Å². The predicted molar refractivity (Wildman–Crippen MR) is 115 cm³/mol. The molecule has 1 saturated heterocycles. The minimum atomic E-state index is -0.601. The maximum Gasteiger partial charge on any atom is 0.294 e. The van der Waals surface area contributed by atoms with Gasteiger partial charge in [0.15, 0.2) is 11.5 Å². The number of nitrogens with one attached hydrogen (secondary N) is 1. The lowest BCUT2D eigenvalue weighted by Crippen LogP contribution is -2.36. The molecule has 0 unspecified atom stereocenters. The summed E-state index contributed by atoms with van der Waals surface area (Å²) >= 11 is 2.64. The molecular formula is C19H14FIN2O5S. The van der Waals surface area contributed by atoms with E-state index in [1.165, 1.54) is 43.5 Å².